The van der Waals surface area contributed by atoms with Crippen LogP contribution in [0.4, 0.5) is 11.4 Å². The van der Waals surface area contributed by atoms with E-state index in [-0.39, 0.29) is 12.1 Å². The molecule has 2 fully saturated rings. The van der Waals surface area contributed by atoms with Crippen molar-refractivity contribution in [3.05, 3.63) is 59.4 Å². The largest absolute Gasteiger partial charge is 0.378 e. The van der Waals surface area contributed by atoms with Gasteiger partial charge < -0.3 is 20.3 Å². The lowest BCUT2D eigenvalue weighted by Crippen LogP contribution is -2.51. The number of hydrogen-bond donors (Lipinski definition) is 1. The van der Waals surface area contributed by atoms with Crippen LogP contribution in [0.2, 0.25) is 0 Å². The van der Waals surface area contributed by atoms with Gasteiger partial charge in [0.2, 0.25) is 0 Å². The van der Waals surface area contributed by atoms with Gasteiger partial charge >= 0.3 is 0 Å². The van der Waals surface area contributed by atoms with Gasteiger partial charge in [-0.1, -0.05) is 6.07 Å². The molecule has 0 bridgehead atoms. The number of piperazine rings is 1. The zero-order valence-electron chi connectivity index (χ0n) is 19.8. The third kappa shape index (κ3) is 3.35. The van der Waals surface area contributed by atoms with Crippen LogP contribution >= 0.6 is 0 Å². The minimum atomic E-state index is 0.0784. The van der Waals surface area contributed by atoms with E-state index >= 15 is 0 Å². The lowest BCUT2D eigenvalue weighted by molar-refractivity contribution is 0.0730. The monoisotopic (exact) mass is 457 g/mol. The Labute approximate surface area is 200 Å². The normalized spacial score (nSPS) is 27.0. The zero-order valence-corrected chi connectivity index (χ0v) is 19.8. The predicted octanol–water partition coefficient (Wildman–Crippen LogP) is 2.52. The zero-order chi connectivity index (χ0) is 23.4. The van der Waals surface area contributed by atoms with Crippen LogP contribution in [-0.2, 0) is 11.3 Å². The van der Waals surface area contributed by atoms with E-state index in [4.69, 9.17) is 10.5 Å². The number of hydrogen-bond acceptors (Lipinski definition) is 7. The highest BCUT2D eigenvalue weighted by molar-refractivity contribution is 5.74. The number of piperidine rings is 1. The van der Waals surface area contributed by atoms with Crippen molar-refractivity contribution in [2.24, 2.45) is 5.73 Å². The summed E-state index contributed by atoms with van der Waals surface area (Å²) >= 11 is 0. The van der Waals surface area contributed by atoms with E-state index in [1.54, 1.807) is 17.8 Å². The Hall–Kier alpha value is -3.12. The lowest BCUT2D eigenvalue weighted by Gasteiger charge is -2.43. The smallest absolute Gasteiger partial charge is 0.142 e. The summed E-state index contributed by atoms with van der Waals surface area (Å²) < 4.78 is 7.38. The Morgan fingerprint density at radius 3 is 2.82 bits per heavy atom. The van der Waals surface area contributed by atoms with Crippen molar-refractivity contribution in [1.82, 2.24) is 14.5 Å². The van der Waals surface area contributed by atoms with Gasteiger partial charge in [-0.3, -0.25) is 4.90 Å². The highest BCUT2D eigenvalue weighted by atomic mass is 16.5. The Morgan fingerprint density at radius 2 is 2.00 bits per heavy atom. The van der Waals surface area contributed by atoms with Gasteiger partial charge in [0.15, 0.2) is 0 Å². The van der Waals surface area contributed by atoms with E-state index in [0.29, 0.717) is 17.8 Å². The molecule has 4 unspecified atom stereocenters. The topological polar surface area (TPSA) is 86.1 Å². The SMILES string of the molecule is COC1CN(c2ccc3c(c2)CN2C(C)CN(c4ccc(C#N)n5nccc45)CC32)CCC1N. The molecule has 34 heavy (non-hydrogen) atoms. The summed E-state index contributed by atoms with van der Waals surface area (Å²) in [5, 5.41) is 13.8. The second kappa shape index (κ2) is 8.27. The average Bonchev–Trinajstić information content (AvgIpc) is 3.49. The standard InChI is InChI=1S/C26H31N7O/c1-17-13-31(23-6-4-20(12-27)33-24(23)7-9-29-33)15-25-21-5-3-19(11-18(21)14-32(17)25)30-10-8-22(28)26(16-30)34-2/h3-7,9,11,17,22,25-26H,8,10,13-16,28H2,1-2H3. The second-order valence-corrected chi connectivity index (χ2v) is 9.84. The van der Waals surface area contributed by atoms with Gasteiger partial charge in [0.1, 0.15) is 11.8 Å². The van der Waals surface area contributed by atoms with Crippen LogP contribution in [-0.4, -0.2) is 66.0 Å². The van der Waals surface area contributed by atoms with Crippen LogP contribution in [0, 0.1) is 11.3 Å². The average molecular weight is 458 g/mol. The number of rotatable bonds is 3. The molecule has 6 rings (SSSR count). The summed E-state index contributed by atoms with van der Waals surface area (Å²) in [4.78, 5) is 7.51. The molecule has 2 aromatic heterocycles. The summed E-state index contributed by atoms with van der Waals surface area (Å²) in [5.74, 6) is 0. The molecule has 0 aliphatic carbocycles. The molecule has 0 radical (unpaired) electrons. The summed E-state index contributed by atoms with van der Waals surface area (Å²) in [6.45, 7) is 6.99. The van der Waals surface area contributed by atoms with Crippen LogP contribution in [0.5, 0.6) is 0 Å². The highest BCUT2D eigenvalue weighted by Gasteiger charge is 2.39. The molecule has 8 heteroatoms. The van der Waals surface area contributed by atoms with Gasteiger partial charge in [-0.2, -0.15) is 10.4 Å². The Bertz CT molecular complexity index is 1260. The number of benzene rings is 1. The maximum atomic E-state index is 9.44. The minimum absolute atomic E-state index is 0.0784. The first kappa shape index (κ1) is 21.4. The quantitative estimate of drug-likeness (QED) is 0.647. The van der Waals surface area contributed by atoms with Crippen LogP contribution in [0.15, 0.2) is 42.6 Å². The maximum absolute atomic E-state index is 9.44. The van der Waals surface area contributed by atoms with E-state index in [1.165, 1.54) is 16.8 Å². The first-order valence-corrected chi connectivity index (χ1v) is 12.1. The number of nitriles is 1. The maximum Gasteiger partial charge on any atom is 0.142 e. The van der Waals surface area contributed by atoms with E-state index in [0.717, 1.165) is 50.3 Å². The van der Waals surface area contributed by atoms with Crippen LogP contribution in [0.3, 0.4) is 0 Å². The Morgan fingerprint density at radius 1 is 1.12 bits per heavy atom. The molecule has 0 spiro atoms. The molecule has 4 atom stereocenters. The summed E-state index contributed by atoms with van der Waals surface area (Å²) in [6, 6.07) is 16.0. The first-order valence-electron chi connectivity index (χ1n) is 12.1. The van der Waals surface area contributed by atoms with Crippen LogP contribution < -0.4 is 15.5 Å². The van der Waals surface area contributed by atoms with Gasteiger partial charge in [0, 0.05) is 57.6 Å². The van der Waals surface area contributed by atoms with E-state index in [2.05, 4.69) is 57.1 Å². The molecular formula is C26H31N7O. The lowest BCUT2D eigenvalue weighted by atomic mass is 9.98. The minimum Gasteiger partial charge on any atom is -0.378 e. The molecule has 0 saturated carbocycles. The predicted molar refractivity (Wildman–Crippen MR) is 132 cm³/mol. The fourth-order valence-corrected chi connectivity index (χ4v) is 6.08. The number of ether oxygens (including phenoxy) is 1. The van der Waals surface area contributed by atoms with Gasteiger partial charge in [0.25, 0.3) is 0 Å². The van der Waals surface area contributed by atoms with Gasteiger partial charge in [-0.15, -0.1) is 0 Å². The van der Waals surface area contributed by atoms with E-state index in [1.807, 2.05) is 12.1 Å². The molecule has 5 heterocycles. The summed E-state index contributed by atoms with van der Waals surface area (Å²) in [7, 11) is 1.76. The molecule has 3 aromatic rings. The van der Waals surface area contributed by atoms with Crippen molar-refractivity contribution >= 4 is 16.9 Å². The van der Waals surface area contributed by atoms with E-state index < -0.39 is 0 Å². The van der Waals surface area contributed by atoms with Gasteiger partial charge in [0.05, 0.1) is 29.5 Å². The van der Waals surface area contributed by atoms with Crippen molar-refractivity contribution in [2.75, 3.05) is 43.1 Å². The number of nitrogens with two attached hydrogens (primary N) is 1. The van der Waals surface area contributed by atoms with Crippen LogP contribution in [0.25, 0.3) is 5.52 Å². The second-order valence-electron chi connectivity index (χ2n) is 9.84. The number of aromatic nitrogens is 2. The third-order valence-corrected chi connectivity index (χ3v) is 7.95. The van der Waals surface area contributed by atoms with E-state index in [9.17, 15) is 5.26 Å². The molecule has 176 valence electrons. The molecule has 3 aliphatic rings. The first-order chi connectivity index (χ1) is 16.6. The molecule has 2 saturated heterocycles. The summed E-state index contributed by atoms with van der Waals surface area (Å²) in [5.41, 5.74) is 13.0. The number of methoxy groups -OCH3 is 1. The van der Waals surface area contributed by atoms with Gasteiger partial charge in [-0.25, -0.2) is 4.52 Å². The van der Waals surface area contributed by atoms with Crippen molar-refractivity contribution in [2.45, 2.75) is 44.1 Å². The van der Waals surface area contributed by atoms with Crippen molar-refractivity contribution < 1.29 is 4.74 Å². The molecule has 3 aliphatic heterocycles. The number of pyridine rings is 1. The molecule has 0 amide bonds. The molecule has 8 nitrogen and oxygen atoms in total. The van der Waals surface area contributed by atoms with Crippen LogP contribution in [0.1, 0.15) is 36.2 Å². The highest BCUT2D eigenvalue weighted by Crippen LogP contribution is 2.42. The molecule has 2 N–H and O–H groups in total. The van der Waals surface area contributed by atoms with Gasteiger partial charge in [-0.05, 0) is 54.8 Å². The number of nitrogens with zero attached hydrogens (tertiary/aromatic N) is 6. The Balaban J connectivity index is 1.28. The van der Waals surface area contributed by atoms with Crippen molar-refractivity contribution in [1.29, 1.82) is 5.26 Å². The van der Waals surface area contributed by atoms with Crippen molar-refractivity contribution in [3.63, 3.8) is 0 Å². The Kier molecular flexibility index (Phi) is 5.21. The fraction of sp³-hybridized carbons (Fsp3) is 0.462. The molecule has 1 aromatic carbocycles. The molecular weight excluding hydrogens is 426 g/mol. The number of fused-ring (bicyclic) bond motifs is 4. The number of anilines is 2. The summed E-state index contributed by atoms with van der Waals surface area (Å²) in [6.07, 6.45) is 2.80. The third-order valence-electron chi connectivity index (χ3n) is 7.95. The fourth-order valence-electron chi connectivity index (χ4n) is 6.08. The van der Waals surface area contributed by atoms with Crippen molar-refractivity contribution in [3.8, 4) is 6.07 Å².